The number of ether oxygens (including phenoxy) is 3. The van der Waals surface area contributed by atoms with E-state index in [0.717, 1.165) is 89.9 Å². The van der Waals surface area contributed by atoms with Crippen LogP contribution >= 0.6 is 0 Å². The maximum atomic E-state index is 12.9. The van der Waals surface area contributed by atoms with Gasteiger partial charge >= 0.3 is 17.9 Å². The topological polar surface area (TPSA) is 78.9 Å². The van der Waals surface area contributed by atoms with Gasteiger partial charge in [-0.15, -0.1) is 0 Å². The Kier molecular flexibility index (Phi) is 55.7. The van der Waals surface area contributed by atoms with E-state index < -0.39 is 6.10 Å². The fraction of sp³-hybridized carbons (Fsp3) is 0.825. The number of hydrogen-bond acceptors (Lipinski definition) is 6. The number of hydrogen-bond donors (Lipinski definition) is 0. The Balaban J connectivity index is 4.26. The lowest BCUT2D eigenvalue weighted by Crippen LogP contribution is -2.30. The molecule has 0 saturated carbocycles. The number of allylic oxidation sites excluding steroid dienone is 8. The van der Waals surface area contributed by atoms with E-state index in [2.05, 4.69) is 69.4 Å². The number of carbonyl (C=O) groups excluding carboxylic acids is 3. The summed E-state index contributed by atoms with van der Waals surface area (Å²) in [6.07, 6.45) is 71.1. The van der Waals surface area contributed by atoms with Crippen LogP contribution < -0.4 is 0 Å². The molecular weight excluding hydrogens is 853 g/mol. The smallest absolute Gasteiger partial charge is 0.306 e. The lowest BCUT2D eigenvalue weighted by atomic mass is 10.0. The molecule has 6 heteroatoms. The first-order valence-electron chi connectivity index (χ1n) is 30.1. The Bertz CT molecular complexity index is 1200. The molecule has 1 atom stereocenters. The van der Waals surface area contributed by atoms with E-state index >= 15 is 0 Å². The maximum absolute atomic E-state index is 12.9. The summed E-state index contributed by atoms with van der Waals surface area (Å²) in [7, 11) is 0. The predicted molar refractivity (Wildman–Crippen MR) is 298 cm³/mol. The van der Waals surface area contributed by atoms with Crippen LogP contribution in [0.15, 0.2) is 48.6 Å². The van der Waals surface area contributed by atoms with Gasteiger partial charge in [0.05, 0.1) is 0 Å². The average molecular weight is 968 g/mol. The third-order valence-electron chi connectivity index (χ3n) is 13.3. The Morgan fingerprint density at radius 3 is 0.884 bits per heavy atom. The molecule has 0 aliphatic carbocycles. The van der Waals surface area contributed by atoms with Crippen LogP contribution in [0.3, 0.4) is 0 Å². The Labute approximate surface area is 428 Å². The van der Waals surface area contributed by atoms with Crippen LogP contribution in [0.25, 0.3) is 0 Å². The highest BCUT2D eigenvalue weighted by atomic mass is 16.6. The van der Waals surface area contributed by atoms with Crippen LogP contribution in [0.2, 0.25) is 0 Å². The molecule has 402 valence electrons. The van der Waals surface area contributed by atoms with Gasteiger partial charge in [-0.25, -0.2) is 0 Å². The quantitative estimate of drug-likeness (QED) is 0.0262. The van der Waals surface area contributed by atoms with Crippen LogP contribution in [0, 0.1) is 0 Å². The molecule has 0 aromatic rings. The van der Waals surface area contributed by atoms with Gasteiger partial charge in [0, 0.05) is 19.3 Å². The average Bonchev–Trinajstić information content (AvgIpc) is 3.35. The Morgan fingerprint density at radius 1 is 0.290 bits per heavy atom. The molecule has 6 nitrogen and oxygen atoms in total. The summed E-state index contributed by atoms with van der Waals surface area (Å²) >= 11 is 0. The highest BCUT2D eigenvalue weighted by molar-refractivity contribution is 5.71. The first-order chi connectivity index (χ1) is 34.0. The first-order valence-corrected chi connectivity index (χ1v) is 30.1. The number of carbonyl (C=O) groups is 3. The van der Waals surface area contributed by atoms with Gasteiger partial charge in [-0.3, -0.25) is 14.4 Å². The normalized spacial score (nSPS) is 12.3. The van der Waals surface area contributed by atoms with E-state index in [1.807, 2.05) is 0 Å². The molecular formula is C63H114O6. The molecule has 0 amide bonds. The molecule has 1 unspecified atom stereocenters. The third kappa shape index (κ3) is 56.2. The van der Waals surface area contributed by atoms with E-state index in [0.29, 0.717) is 19.3 Å². The van der Waals surface area contributed by atoms with E-state index in [9.17, 15) is 14.4 Å². The summed E-state index contributed by atoms with van der Waals surface area (Å²) in [5.74, 6) is -0.878. The zero-order valence-electron chi connectivity index (χ0n) is 46.1. The van der Waals surface area contributed by atoms with E-state index in [-0.39, 0.29) is 31.1 Å². The van der Waals surface area contributed by atoms with Crippen molar-refractivity contribution in [2.45, 2.75) is 322 Å². The summed E-state index contributed by atoms with van der Waals surface area (Å²) in [5.41, 5.74) is 0. The molecule has 0 N–H and O–H groups in total. The van der Waals surface area contributed by atoms with Crippen molar-refractivity contribution in [2.75, 3.05) is 13.2 Å². The zero-order valence-corrected chi connectivity index (χ0v) is 46.1. The zero-order chi connectivity index (χ0) is 50.0. The van der Waals surface area contributed by atoms with Crippen molar-refractivity contribution < 1.29 is 28.6 Å². The summed E-state index contributed by atoms with van der Waals surface area (Å²) < 4.78 is 16.9. The second-order valence-corrected chi connectivity index (χ2v) is 20.3. The minimum Gasteiger partial charge on any atom is -0.462 e. The second-order valence-electron chi connectivity index (χ2n) is 20.3. The molecule has 0 saturated heterocycles. The van der Waals surface area contributed by atoms with Crippen LogP contribution in [0.4, 0.5) is 0 Å². The van der Waals surface area contributed by atoms with Crippen molar-refractivity contribution in [3.63, 3.8) is 0 Å². The Hall–Kier alpha value is -2.63. The van der Waals surface area contributed by atoms with Gasteiger partial charge in [-0.1, -0.05) is 268 Å². The lowest BCUT2D eigenvalue weighted by Gasteiger charge is -2.18. The highest BCUT2D eigenvalue weighted by Gasteiger charge is 2.19. The lowest BCUT2D eigenvalue weighted by molar-refractivity contribution is -0.167. The molecule has 0 radical (unpaired) electrons. The van der Waals surface area contributed by atoms with Crippen molar-refractivity contribution in [1.82, 2.24) is 0 Å². The molecule has 0 spiro atoms. The van der Waals surface area contributed by atoms with Crippen molar-refractivity contribution >= 4 is 17.9 Å². The number of esters is 3. The van der Waals surface area contributed by atoms with Gasteiger partial charge in [0.2, 0.25) is 0 Å². The highest BCUT2D eigenvalue weighted by Crippen LogP contribution is 2.17. The van der Waals surface area contributed by atoms with Crippen molar-refractivity contribution in [1.29, 1.82) is 0 Å². The standard InChI is InChI=1S/C63H114O6/c1-4-7-10-13-16-19-22-24-26-28-30-31-32-33-34-36-37-39-41-44-47-50-53-56-62(65)68-59-60(58-67-61(64)55-52-49-46-43-21-18-15-12-9-6-3)69-63(66)57-54-51-48-45-42-40-38-35-29-27-25-23-20-17-14-11-8-5-2/h12,15,22,24,28,30,32-33,60H,4-11,13-14,16-21,23,25-27,29,31,34-59H2,1-3H3/b15-12-,24-22-,30-28-,33-32-. The van der Waals surface area contributed by atoms with Gasteiger partial charge < -0.3 is 14.2 Å². The molecule has 0 fully saturated rings. The SMILES string of the molecule is CCC/C=C\CCCCCCCC(=O)OCC(COC(=O)CCCCCCCCCC/C=C\C/C=C\C/C=C\CCCCCCC)OC(=O)CCCCCCCCCCCCCCCCCCCC. The molecule has 0 aliphatic heterocycles. The van der Waals surface area contributed by atoms with E-state index in [1.54, 1.807) is 0 Å². The molecule has 0 heterocycles. The minimum atomic E-state index is -0.777. The van der Waals surface area contributed by atoms with Gasteiger partial charge in [-0.2, -0.15) is 0 Å². The molecule has 69 heavy (non-hydrogen) atoms. The van der Waals surface area contributed by atoms with Gasteiger partial charge in [0.1, 0.15) is 13.2 Å². The van der Waals surface area contributed by atoms with Crippen molar-refractivity contribution in [2.24, 2.45) is 0 Å². The van der Waals surface area contributed by atoms with Crippen molar-refractivity contribution in [3.05, 3.63) is 48.6 Å². The second kappa shape index (κ2) is 57.9. The van der Waals surface area contributed by atoms with Crippen LogP contribution in [0.5, 0.6) is 0 Å². The van der Waals surface area contributed by atoms with Gasteiger partial charge in [-0.05, 0) is 77.0 Å². The van der Waals surface area contributed by atoms with Crippen LogP contribution in [-0.2, 0) is 28.6 Å². The van der Waals surface area contributed by atoms with Crippen LogP contribution in [0.1, 0.15) is 316 Å². The predicted octanol–water partition coefficient (Wildman–Crippen LogP) is 20.2. The van der Waals surface area contributed by atoms with Gasteiger partial charge in [0.25, 0.3) is 0 Å². The molecule has 0 aliphatic rings. The molecule has 0 aromatic carbocycles. The molecule has 0 rings (SSSR count). The monoisotopic (exact) mass is 967 g/mol. The summed E-state index contributed by atoms with van der Waals surface area (Å²) in [6.45, 7) is 6.59. The van der Waals surface area contributed by atoms with Crippen molar-refractivity contribution in [3.8, 4) is 0 Å². The fourth-order valence-electron chi connectivity index (χ4n) is 8.75. The molecule has 0 bridgehead atoms. The largest absolute Gasteiger partial charge is 0.462 e. The fourth-order valence-corrected chi connectivity index (χ4v) is 8.75. The summed E-state index contributed by atoms with van der Waals surface area (Å²) in [5, 5.41) is 0. The minimum absolute atomic E-state index is 0.0769. The Morgan fingerprint density at radius 2 is 0.551 bits per heavy atom. The summed E-state index contributed by atoms with van der Waals surface area (Å²) in [6, 6.07) is 0. The maximum Gasteiger partial charge on any atom is 0.306 e. The number of unbranched alkanes of at least 4 members (excludes halogenated alkanes) is 36. The summed E-state index contributed by atoms with van der Waals surface area (Å²) in [4.78, 5) is 38.1. The molecule has 0 aromatic heterocycles. The third-order valence-corrected chi connectivity index (χ3v) is 13.3. The first kappa shape index (κ1) is 66.4. The van der Waals surface area contributed by atoms with E-state index in [4.69, 9.17) is 14.2 Å². The van der Waals surface area contributed by atoms with Gasteiger partial charge in [0.15, 0.2) is 6.10 Å². The number of rotatable bonds is 55. The van der Waals surface area contributed by atoms with Crippen LogP contribution in [-0.4, -0.2) is 37.2 Å². The van der Waals surface area contributed by atoms with E-state index in [1.165, 1.54) is 186 Å².